The first-order valence-corrected chi connectivity index (χ1v) is 6.29. The van der Waals surface area contributed by atoms with E-state index in [4.69, 9.17) is 5.11 Å². The normalized spacial score (nSPS) is 20.2. The van der Waals surface area contributed by atoms with Crippen LogP contribution < -0.4 is 4.72 Å². The number of aliphatic hydroxyl groups excluding tert-OH is 1. The van der Waals surface area contributed by atoms with E-state index in [1.165, 1.54) is 0 Å². The monoisotopic (exact) mass is 207 g/mol. The van der Waals surface area contributed by atoms with Gasteiger partial charge in [0.2, 0.25) is 10.0 Å². The average molecular weight is 207 g/mol. The van der Waals surface area contributed by atoms with Crippen LogP contribution in [0.3, 0.4) is 0 Å². The summed E-state index contributed by atoms with van der Waals surface area (Å²) in [6.07, 6.45) is 2.55. The predicted molar refractivity (Wildman–Crippen MR) is 50.8 cm³/mol. The zero-order chi connectivity index (χ0) is 9.90. The van der Waals surface area contributed by atoms with Crippen LogP contribution in [0.1, 0.15) is 26.2 Å². The van der Waals surface area contributed by atoms with Gasteiger partial charge in [0, 0.05) is 12.6 Å². The lowest BCUT2D eigenvalue weighted by Gasteiger charge is -2.12. The van der Waals surface area contributed by atoms with Gasteiger partial charge in [-0.3, -0.25) is 0 Å². The maximum Gasteiger partial charge on any atom is 0.212 e. The Morgan fingerprint density at radius 2 is 2.15 bits per heavy atom. The number of hydrogen-bond donors (Lipinski definition) is 2. The van der Waals surface area contributed by atoms with E-state index in [1.54, 1.807) is 6.92 Å². The lowest BCUT2D eigenvalue weighted by molar-refractivity contribution is 0.275. The Bertz CT molecular complexity index is 246. The van der Waals surface area contributed by atoms with Crippen LogP contribution in [0, 0.1) is 5.92 Å². The molecule has 2 N–H and O–H groups in total. The fourth-order valence-electron chi connectivity index (χ4n) is 1.20. The molecule has 0 radical (unpaired) electrons. The summed E-state index contributed by atoms with van der Waals surface area (Å²) in [5, 5.41) is 8.59. The van der Waals surface area contributed by atoms with Crippen molar-refractivity contribution in [3.63, 3.8) is 0 Å². The molecule has 0 aromatic carbocycles. The SMILES string of the molecule is CC(CCO)NS(=O)(=O)CC1CC1. The average Bonchev–Trinajstić information content (AvgIpc) is 2.69. The van der Waals surface area contributed by atoms with Gasteiger partial charge >= 0.3 is 0 Å². The smallest absolute Gasteiger partial charge is 0.212 e. The Morgan fingerprint density at radius 1 is 1.54 bits per heavy atom. The molecule has 1 unspecified atom stereocenters. The van der Waals surface area contributed by atoms with E-state index >= 15 is 0 Å². The van der Waals surface area contributed by atoms with E-state index in [1.807, 2.05) is 0 Å². The van der Waals surface area contributed by atoms with Crippen molar-refractivity contribution in [3.8, 4) is 0 Å². The standard InChI is InChI=1S/C8H17NO3S/c1-7(4-5-10)9-13(11,12)6-8-2-3-8/h7-10H,2-6H2,1H3. The summed E-state index contributed by atoms with van der Waals surface area (Å²) in [4.78, 5) is 0. The number of aliphatic hydroxyl groups is 1. The summed E-state index contributed by atoms with van der Waals surface area (Å²) in [7, 11) is -3.10. The summed E-state index contributed by atoms with van der Waals surface area (Å²) in [5.74, 6) is 0.627. The van der Waals surface area contributed by atoms with Gasteiger partial charge in [0.05, 0.1) is 5.75 Å². The molecule has 0 spiro atoms. The molecule has 1 saturated carbocycles. The minimum Gasteiger partial charge on any atom is -0.396 e. The van der Waals surface area contributed by atoms with E-state index in [2.05, 4.69) is 4.72 Å². The summed E-state index contributed by atoms with van der Waals surface area (Å²) < 4.78 is 25.3. The van der Waals surface area contributed by atoms with Crippen LogP contribution in [-0.2, 0) is 10.0 Å². The van der Waals surface area contributed by atoms with Crippen molar-refractivity contribution < 1.29 is 13.5 Å². The molecule has 0 aliphatic heterocycles. The lowest BCUT2D eigenvalue weighted by atomic mass is 10.3. The molecule has 1 aliphatic rings. The van der Waals surface area contributed by atoms with Crippen molar-refractivity contribution in [2.45, 2.75) is 32.2 Å². The summed E-state index contributed by atoms with van der Waals surface area (Å²) >= 11 is 0. The molecule has 1 rings (SSSR count). The molecule has 0 heterocycles. The minimum atomic E-state index is -3.10. The quantitative estimate of drug-likeness (QED) is 0.648. The highest BCUT2D eigenvalue weighted by atomic mass is 32.2. The highest BCUT2D eigenvalue weighted by Crippen LogP contribution is 2.29. The molecule has 4 nitrogen and oxygen atoms in total. The van der Waals surface area contributed by atoms with Gasteiger partial charge in [0.25, 0.3) is 0 Å². The van der Waals surface area contributed by atoms with Gasteiger partial charge in [-0.2, -0.15) is 0 Å². The number of hydrogen-bond acceptors (Lipinski definition) is 3. The molecular formula is C8H17NO3S. The van der Waals surface area contributed by atoms with Crippen molar-refractivity contribution in [3.05, 3.63) is 0 Å². The van der Waals surface area contributed by atoms with Crippen LogP contribution in [-0.4, -0.2) is 31.9 Å². The molecule has 5 heteroatoms. The third kappa shape index (κ3) is 4.59. The van der Waals surface area contributed by atoms with E-state index in [9.17, 15) is 8.42 Å². The zero-order valence-electron chi connectivity index (χ0n) is 7.86. The Hall–Kier alpha value is -0.130. The maximum absolute atomic E-state index is 11.4. The van der Waals surface area contributed by atoms with Crippen LogP contribution >= 0.6 is 0 Å². The van der Waals surface area contributed by atoms with E-state index in [0.29, 0.717) is 12.3 Å². The van der Waals surface area contributed by atoms with Crippen molar-refractivity contribution in [1.82, 2.24) is 4.72 Å². The Labute approximate surface area is 79.4 Å². The molecule has 0 aromatic heterocycles. The molecule has 13 heavy (non-hydrogen) atoms. The Balaban J connectivity index is 2.31. The fourth-order valence-corrected chi connectivity index (χ4v) is 2.98. The first-order valence-electron chi connectivity index (χ1n) is 4.64. The maximum atomic E-state index is 11.4. The van der Waals surface area contributed by atoms with Gasteiger partial charge in [-0.15, -0.1) is 0 Å². The van der Waals surface area contributed by atoms with Gasteiger partial charge in [-0.1, -0.05) is 0 Å². The van der Waals surface area contributed by atoms with E-state index < -0.39 is 10.0 Å². The summed E-state index contributed by atoms with van der Waals surface area (Å²) in [6.45, 7) is 1.79. The first-order chi connectivity index (χ1) is 6.03. The second-order valence-electron chi connectivity index (χ2n) is 3.76. The van der Waals surface area contributed by atoms with Gasteiger partial charge in [0.15, 0.2) is 0 Å². The Kier molecular flexibility index (Phi) is 3.70. The molecular weight excluding hydrogens is 190 g/mol. The molecule has 0 bridgehead atoms. The fraction of sp³-hybridized carbons (Fsp3) is 1.00. The molecule has 0 amide bonds. The molecule has 78 valence electrons. The molecule has 1 fully saturated rings. The molecule has 0 saturated heterocycles. The molecule has 1 atom stereocenters. The summed E-state index contributed by atoms with van der Waals surface area (Å²) in [6, 6.07) is -0.159. The Morgan fingerprint density at radius 3 is 2.62 bits per heavy atom. The van der Waals surface area contributed by atoms with Gasteiger partial charge < -0.3 is 5.11 Å². The van der Waals surface area contributed by atoms with Crippen molar-refractivity contribution in [2.75, 3.05) is 12.4 Å². The third-order valence-electron chi connectivity index (χ3n) is 2.09. The van der Waals surface area contributed by atoms with Crippen LogP contribution in [0.15, 0.2) is 0 Å². The molecule has 0 aromatic rings. The lowest BCUT2D eigenvalue weighted by Crippen LogP contribution is -2.35. The zero-order valence-corrected chi connectivity index (χ0v) is 8.68. The van der Waals surface area contributed by atoms with Crippen molar-refractivity contribution >= 4 is 10.0 Å². The predicted octanol–water partition coefficient (Wildman–Crippen LogP) is 0.0867. The first kappa shape index (κ1) is 10.9. The van der Waals surface area contributed by atoms with E-state index in [-0.39, 0.29) is 18.4 Å². The van der Waals surface area contributed by atoms with Crippen LogP contribution in [0.5, 0.6) is 0 Å². The van der Waals surface area contributed by atoms with E-state index in [0.717, 1.165) is 12.8 Å². The number of sulfonamides is 1. The topological polar surface area (TPSA) is 66.4 Å². The second-order valence-corrected chi connectivity index (χ2v) is 5.55. The van der Waals surface area contributed by atoms with Gasteiger partial charge in [-0.05, 0) is 32.1 Å². The van der Waals surface area contributed by atoms with Gasteiger partial charge in [-0.25, -0.2) is 13.1 Å². The largest absolute Gasteiger partial charge is 0.396 e. The second kappa shape index (κ2) is 4.39. The van der Waals surface area contributed by atoms with Crippen LogP contribution in [0.2, 0.25) is 0 Å². The van der Waals surface area contributed by atoms with Crippen molar-refractivity contribution in [1.29, 1.82) is 0 Å². The molecule has 1 aliphatic carbocycles. The third-order valence-corrected chi connectivity index (χ3v) is 3.77. The van der Waals surface area contributed by atoms with Crippen molar-refractivity contribution in [2.24, 2.45) is 5.92 Å². The highest BCUT2D eigenvalue weighted by Gasteiger charge is 2.28. The van der Waals surface area contributed by atoms with Crippen LogP contribution in [0.4, 0.5) is 0 Å². The van der Waals surface area contributed by atoms with Crippen LogP contribution in [0.25, 0.3) is 0 Å². The van der Waals surface area contributed by atoms with Gasteiger partial charge in [0.1, 0.15) is 0 Å². The number of nitrogens with one attached hydrogen (secondary N) is 1. The number of rotatable bonds is 6. The highest BCUT2D eigenvalue weighted by molar-refractivity contribution is 7.89. The summed E-state index contributed by atoms with van der Waals surface area (Å²) in [5.41, 5.74) is 0. The minimum absolute atomic E-state index is 0.0209.